The minimum Gasteiger partial charge on any atom is -0.394 e. The highest BCUT2D eigenvalue weighted by atomic mass is 15.2. The molecular formula is C9H15N5. The summed E-state index contributed by atoms with van der Waals surface area (Å²) in [4.78, 5) is 10.00. The molecule has 0 atom stereocenters. The van der Waals surface area contributed by atoms with E-state index < -0.39 is 0 Å². The smallest absolute Gasteiger partial charge is 0.222 e. The summed E-state index contributed by atoms with van der Waals surface area (Å²) >= 11 is 0. The van der Waals surface area contributed by atoms with Crippen molar-refractivity contribution < 1.29 is 0 Å². The van der Waals surface area contributed by atoms with Gasteiger partial charge in [-0.15, -0.1) is 0 Å². The van der Waals surface area contributed by atoms with E-state index in [9.17, 15) is 0 Å². The van der Waals surface area contributed by atoms with Crippen LogP contribution in [0.2, 0.25) is 0 Å². The Bertz CT molecular complexity index is 334. The van der Waals surface area contributed by atoms with Crippen molar-refractivity contribution in [3.05, 3.63) is 6.20 Å². The molecule has 2 rings (SSSR count). The molecule has 14 heavy (non-hydrogen) atoms. The zero-order valence-electron chi connectivity index (χ0n) is 8.27. The summed E-state index contributed by atoms with van der Waals surface area (Å²) in [6.45, 7) is 1.00. The Morgan fingerprint density at radius 3 is 2.86 bits per heavy atom. The summed E-state index contributed by atoms with van der Waals surface area (Å²) in [5.41, 5.74) is 11.9. The van der Waals surface area contributed by atoms with E-state index in [-0.39, 0.29) is 5.95 Å². The molecule has 0 amide bonds. The van der Waals surface area contributed by atoms with E-state index >= 15 is 0 Å². The summed E-state index contributed by atoms with van der Waals surface area (Å²) in [5.74, 6) is 1.82. The molecule has 1 fully saturated rings. The molecule has 1 aromatic rings. The molecule has 1 aliphatic carbocycles. The number of rotatable bonds is 3. The van der Waals surface area contributed by atoms with Crippen LogP contribution in [0, 0.1) is 5.92 Å². The van der Waals surface area contributed by atoms with Gasteiger partial charge in [-0.05, 0) is 18.8 Å². The molecule has 1 aliphatic rings. The molecule has 4 N–H and O–H groups in total. The van der Waals surface area contributed by atoms with Crippen LogP contribution in [0.5, 0.6) is 0 Å². The van der Waals surface area contributed by atoms with Crippen molar-refractivity contribution in [1.82, 2.24) is 9.97 Å². The lowest BCUT2D eigenvalue weighted by Gasteiger charge is -2.19. The average molecular weight is 193 g/mol. The van der Waals surface area contributed by atoms with Crippen LogP contribution < -0.4 is 16.4 Å². The van der Waals surface area contributed by atoms with Gasteiger partial charge in [-0.25, -0.2) is 4.98 Å². The number of nitrogens with zero attached hydrogens (tertiary/aromatic N) is 3. The van der Waals surface area contributed by atoms with E-state index in [4.69, 9.17) is 11.5 Å². The highest BCUT2D eigenvalue weighted by Crippen LogP contribution is 2.31. The highest BCUT2D eigenvalue weighted by molar-refractivity contribution is 5.62. The van der Waals surface area contributed by atoms with Gasteiger partial charge in [-0.3, -0.25) is 0 Å². The number of nitrogen functional groups attached to an aromatic ring is 2. The predicted molar refractivity (Wildman–Crippen MR) is 56.9 cm³/mol. The van der Waals surface area contributed by atoms with Gasteiger partial charge < -0.3 is 16.4 Å². The fourth-order valence-corrected chi connectivity index (χ4v) is 1.48. The van der Waals surface area contributed by atoms with E-state index in [0.29, 0.717) is 5.69 Å². The maximum absolute atomic E-state index is 5.76. The lowest BCUT2D eigenvalue weighted by atomic mass is 10.3. The molecule has 5 nitrogen and oxygen atoms in total. The van der Waals surface area contributed by atoms with E-state index in [2.05, 4.69) is 9.97 Å². The summed E-state index contributed by atoms with van der Waals surface area (Å²) in [6.07, 6.45) is 4.18. The third kappa shape index (κ3) is 1.86. The van der Waals surface area contributed by atoms with Crippen LogP contribution in [0.1, 0.15) is 12.8 Å². The van der Waals surface area contributed by atoms with Crippen molar-refractivity contribution in [2.24, 2.45) is 5.92 Å². The van der Waals surface area contributed by atoms with E-state index in [1.807, 2.05) is 11.9 Å². The highest BCUT2D eigenvalue weighted by Gasteiger charge is 2.24. The minimum atomic E-state index is 0.275. The van der Waals surface area contributed by atoms with Crippen molar-refractivity contribution in [1.29, 1.82) is 0 Å². The summed E-state index contributed by atoms with van der Waals surface area (Å²) in [5, 5.41) is 0. The summed E-state index contributed by atoms with van der Waals surface area (Å²) in [7, 11) is 1.98. The summed E-state index contributed by atoms with van der Waals surface area (Å²) < 4.78 is 0. The number of hydrogen-bond acceptors (Lipinski definition) is 5. The van der Waals surface area contributed by atoms with Crippen LogP contribution in [0.25, 0.3) is 0 Å². The molecule has 0 aliphatic heterocycles. The Balaban J connectivity index is 2.15. The molecule has 76 valence electrons. The van der Waals surface area contributed by atoms with Crippen LogP contribution in [-0.2, 0) is 0 Å². The van der Waals surface area contributed by atoms with Crippen molar-refractivity contribution in [3.8, 4) is 0 Å². The molecule has 0 saturated heterocycles. The minimum absolute atomic E-state index is 0.275. The topological polar surface area (TPSA) is 81.1 Å². The first-order chi connectivity index (χ1) is 6.66. The Labute approximate surface area is 83.1 Å². The zero-order valence-corrected chi connectivity index (χ0v) is 8.27. The maximum Gasteiger partial charge on any atom is 0.222 e. The van der Waals surface area contributed by atoms with Gasteiger partial charge >= 0.3 is 0 Å². The second kappa shape index (κ2) is 3.32. The second-order valence-electron chi connectivity index (χ2n) is 3.83. The fourth-order valence-electron chi connectivity index (χ4n) is 1.48. The van der Waals surface area contributed by atoms with E-state index in [1.165, 1.54) is 12.8 Å². The summed E-state index contributed by atoms with van der Waals surface area (Å²) in [6, 6.07) is 0. The van der Waals surface area contributed by atoms with Crippen LogP contribution in [0.3, 0.4) is 0 Å². The number of aromatic nitrogens is 2. The van der Waals surface area contributed by atoms with E-state index in [0.717, 1.165) is 18.3 Å². The maximum atomic E-state index is 5.76. The quantitative estimate of drug-likeness (QED) is 0.730. The fraction of sp³-hybridized carbons (Fsp3) is 0.556. The van der Waals surface area contributed by atoms with Gasteiger partial charge in [0.2, 0.25) is 5.95 Å². The molecule has 0 bridgehead atoms. The molecule has 1 heterocycles. The van der Waals surface area contributed by atoms with Gasteiger partial charge in [0.25, 0.3) is 0 Å². The Morgan fingerprint density at radius 1 is 1.50 bits per heavy atom. The van der Waals surface area contributed by atoms with Crippen LogP contribution in [0.15, 0.2) is 6.20 Å². The van der Waals surface area contributed by atoms with Crippen molar-refractivity contribution >= 4 is 17.5 Å². The third-order valence-electron chi connectivity index (χ3n) is 2.41. The lowest BCUT2D eigenvalue weighted by molar-refractivity contribution is 0.777. The van der Waals surface area contributed by atoms with Gasteiger partial charge in [0.1, 0.15) is 0 Å². The van der Waals surface area contributed by atoms with Gasteiger partial charge in [-0.1, -0.05) is 0 Å². The van der Waals surface area contributed by atoms with Crippen LogP contribution in [0.4, 0.5) is 17.5 Å². The monoisotopic (exact) mass is 193 g/mol. The SMILES string of the molecule is CN(CC1CC1)c1nc(N)ncc1N. The number of hydrogen-bond donors (Lipinski definition) is 2. The average Bonchev–Trinajstić information content (AvgIpc) is 2.93. The molecule has 5 heteroatoms. The van der Waals surface area contributed by atoms with E-state index in [1.54, 1.807) is 6.20 Å². The Kier molecular flexibility index (Phi) is 2.15. The molecule has 1 saturated carbocycles. The normalized spacial score (nSPS) is 15.5. The Hall–Kier alpha value is -1.52. The first-order valence-corrected chi connectivity index (χ1v) is 4.76. The van der Waals surface area contributed by atoms with Gasteiger partial charge in [0, 0.05) is 13.6 Å². The third-order valence-corrected chi connectivity index (χ3v) is 2.41. The standard InChI is InChI=1S/C9H15N5/c1-14(5-6-2-3-6)8-7(10)4-12-9(11)13-8/h4,6H,2-3,5,10H2,1H3,(H2,11,12,13). The molecular weight excluding hydrogens is 178 g/mol. The molecule has 0 radical (unpaired) electrons. The van der Waals surface area contributed by atoms with Gasteiger partial charge in [-0.2, -0.15) is 4.98 Å². The van der Waals surface area contributed by atoms with Crippen molar-refractivity contribution in [2.45, 2.75) is 12.8 Å². The number of anilines is 3. The lowest BCUT2D eigenvalue weighted by Crippen LogP contribution is -2.23. The second-order valence-corrected chi connectivity index (χ2v) is 3.83. The van der Waals surface area contributed by atoms with Gasteiger partial charge in [0.15, 0.2) is 5.82 Å². The largest absolute Gasteiger partial charge is 0.394 e. The van der Waals surface area contributed by atoms with Crippen LogP contribution >= 0.6 is 0 Å². The molecule has 0 aromatic carbocycles. The first-order valence-electron chi connectivity index (χ1n) is 4.76. The molecule has 1 aromatic heterocycles. The van der Waals surface area contributed by atoms with Gasteiger partial charge in [0.05, 0.1) is 11.9 Å². The van der Waals surface area contributed by atoms with Crippen molar-refractivity contribution in [2.75, 3.05) is 30.0 Å². The molecule has 0 spiro atoms. The Morgan fingerprint density at radius 2 is 2.21 bits per heavy atom. The number of nitrogens with two attached hydrogens (primary N) is 2. The first kappa shape index (κ1) is 9.05. The zero-order chi connectivity index (χ0) is 10.1. The van der Waals surface area contributed by atoms with Crippen molar-refractivity contribution in [3.63, 3.8) is 0 Å². The van der Waals surface area contributed by atoms with Crippen LogP contribution in [-0.4, -0.2) is 23.6 Å². The predicted octanol–water partition coefficient (Wildman–Crippen LogP) is 0.487. The molecule has 0 unspecified atom stereocenters.